The number of imidazole rings is 1. The number of nitrogens with one attached hydrogen (secondary N) is 1. The Morgan fingerprint density at radius 2 is 1.96 bits per heavy atom. The van der Waals surface area contributed by atoms with E-state index in [9.17, 15) is 4.79 Å². The Labute approximate surface area is 161 Å². The van der Waals surface area contributed by atoms with Crippen molar-refractivity contribution in [3.63, 3.8) is 0 Å². The fourth-order valence-electron chi connectivity index (χ4n) is 3.26. The van der Waals surface area contributed by atoms with Crippen LogP contribution in [0.5, 0.6) is 11.8 Å². The van der Waals surface area contributed by atoms with Crippen LogP contribution in [-0.4, -0.2) is 52.7 Å². The molecule has 0 radical (unpaired) electrons. The van der Waals surface area contributed by atoms with Crippen molar-refractivity contribution in [1.82, 2.24) is 19.4 Å². The van der Waals surface area contributed by atoms with Crippen LogP contribution in [-0.2, 0) is 4.74 Å². The van der Waals surface area contributed by atoms with Crippen molar-refractivity contribution in [2.75, 3.05) is 32.8 Å². The van der Waals surface area contributed by atoms with Gasteiger partial charge in [0.25, 0.3) is 11.8 Å². The Bertz CT molecular complexity index is 997. The molecule has 1 aliphatic rings. The Hall–Kier alpha value is -3.20. The van der Waals surface area contributed by atoms with E-state index < -0.39 is 5.91 Å². The Balaban J connectivity index is 1.66. The van der Waals surface area contributed by atoms with E-state index in [4.69, 9.17) is 14.2 Å². The van der Waals surface area contributed by atoms with Gasteiger partial charge in [0, 0.05) is 37.7 Å². The summed E-state index contributed by atoms with van der Waals surface area (Å²) in [6, 6.07) is 3.42. The van der Waals surface area contributed by atoms with Crippen molar-refractivity contribution in [3.05, 3.63) is 42.1 Å². The van der Waals surface area contributed by atoms with Gasteiger partial charge < -0.3 is 19.5 Å². The summed E-state index contributed by atoms with van der Waals surface area (Å²) in [6.45, 7) is 1.46. The van der Waals surface area contributed by atoms with Crippen LogP contribution in [0.1, 0.15) is 34.9 Å². The van der Waals surface area contributed by atoms with E-state index in [1.165, 1.54) is 14.2 Å². The van der Waals surface area contributed by atoms with Gasteiger partial charge in [0.2, 0.25) is 11.5 Å². The second-order valence-corrected chi connectivity index (χ2v) is 6.43. The summed E-state index contributed by atoms with van der Waals surface area (Å²) in [4.78, 5) is 25.8. The van der Waals surface area contributed by atoms with E-state index in [0.29, 0.717) is 29.0 Å². The first-order valence-corrected chi connectivity index (χ1v) is 9.01. The highest BCUT2D eigenvalue weighted by Crippen LogP contribution is 2.28. The fraction of sp³-hybridized carbons (Fsp3) is 0.368. The maximum Gasteiger partial charge on any atom is 0.276 e. The van der Waals surface area contributed by atoms with E-state index >= 15 is 0 Å². The van der Waals surface area contributed by atoms with Gasteiger partial charge in [-0.05, 0) is 25.0 Å². The molecule has 1 N–H and O–H groups in total. The number of amides is 1. The van der Waals surface area contributed by atoms with Gasteiger partial charge in [0.15, 0.2) is 0 Å². The lowest BCUT2D eigenvalue weighted by Gasteiger charge is -2.19. The number of fused-ring (bicyclic) bond motifs is 1. The minimum atomic E-state index is -0.396. The van der Waals surface area contributed by atoms with Crippen LogP contribution in [0.25, 0.3) is 5.65 Å². The molecular formula is C19H21N5O4. The second kappa shape index (κ2) is 7.81. The van der Waals surface area contributed by atoms with Gasteiger partial charge in [0.05, 0.1) is 19.9 Å². The number of ether oxygens (including phenoxy) is 3. The van der Waals surface area contributed by atoms with E-state index in [-0.39, 0.29) is 5.69 Å². The molecular weight excluding hydrogens is 362 g/mol. The molecule has 0 spiro atoms. The summed E-state index contributed by atoms with van der Waals surface area (Å²) in [5.74, 6) is 0.556. The molecule has 0 aromatic carbocycles. The van der Waals surface area contributed by atoms with Crippen LogP contribution in [0.2, 0.25) is 0 Å². The van der Waals surface area contributed by atoms with E-state index in [2.05, 4.69) is 20.3 Å². The van der Waals surface area contributed by atoms with Gasteiger partial charge in [-0.1, -0.05) is 0 Å². The minimum absolute atomic E-state index is 0.200. The molecule has 4 rings (SSSR count). The van der Waals surface area contributed by atoms with Crippen molar-refractivity contribution in [1.29, 1.82) is 0 Å². The van der Waals surface area contributed by atoms with Crippen LogP contribution in [0.15, 0.2) is 30.7 Å². The third-order valence-corrected chi connectivity index (χ3v) is 4.70. The maximum absolute atomic E-state index is 12.7. The third-order valence-electron chi connectivity index (χ3n) is 4.70. The molecule has 4 heterocycles. The first-order valence-electron chi connectivity index (χ1n) is 9.01. The zero-order chi connectivity index (χ0) is 19.5. The highest BCUT2D eigenvalue weighted by Gasteiger charge is 2.22. The molecule has 0 bridgehead atoms. The zero-order valence-electron chi connectivity index (χ0n) is 15.7. The van der Waals surface area contributed by atoms with Crippen molar-refractivity contribution in [2.24, 2.45) is 0 Å². The number of carbonyl (C=O) groups excluding carboxylic acids is 1. The molecule has 9 nitrogen and oxygen atoms in total. The first kappa shape index (κ1) is 18.2. The molecule has 3 aromatic rings. The van der Waals surface area contributed by atoms with Crippen LogP contribution >= 0.6 is 0 Å². The third kappa shape index (κ3) is 3.48. The molecule has 1 saturated heterocycles. The van der Waals surface area contributed by atoms with Crippen molar-refractivity contribution in [3.8, 4) is 11.8 Å². The summed E-state index contributed by atoms with van der Waals surface area (Å²) in [7, 11) is 3.01. The van der Waals surface area contributed by atoms with Crippen molar-refractivity contribution >= 4 is 17.2 Å². The molecule has 1 aliphatic heterocycles. The lowest BCUT2D eigenvalue weighted by Crippen LogP contribution is -2.16. The quantitative estimate of drug-likeness (QED) is 0.721. The van der Waals surface area contributed by atoms with Crippen molar-refractivity contribution in [2.45, 2.75) is 18.8 Å². The van der Waals surface area contributed by atoms with Gasteiger partial charge in [0.1, 0.15) is 11.4 Å². The average molecular weight is 383 g/mol. The monoisotopic (exact) mass is 383 g/mol. The number of hydrogen-bond donors (Lipinski definition) is 1. The Kier molecular flexibility index (Phi) is 5.07. The molecule has 9 heteroatoms. The summed E-state index contributed by atoms with van der Waals surface area (Å²) in [5.41, 5.74) is 2.20. The average Bonchev–Trinajstić information content (AvgIpc) is 3.18. The SMILES string of the molecule is COc1ncccc1NC(=O)c1cn2cc(C3CCOCC3)nc2c(OC)n1. The number of rotatable bonds is 5. The van der Waals surface area contributed by atoms with Crippen LogP contribution in [0, 0.1) is 0 Å². The number of anilines is 1. The lowest BCUT2D eigenvalue weighted by atomic mass is 9.97. The summed E-state index contributed by atoms with van der Waals surface area (Å²) in [5, 5.41) is 2.77. The van der Waals surface area contributed by atoms with Crippen LogP contribution in [0.4, 0.5) is 5.69 Å². The molecule has 0 saturated carbocycles. The summed E-state index contributed by atoms with van der Waals surface area (Å²) >= 11 is 0. The normalized spacial score (nSPS) is 14.8. The van der Waals surface area contributed by atoms with Gasteiger partial charge in [-0.2, -0.15) is 0 Å². The van der Waals surface area contributed by atoms with Gasteiger partial charge in [-0.15, -0.1) is 0 Å². The number of hydrogen-bond acceptors (Lipinski definition) is 7. The first-order chi connectivity index (χ1) is 13.7. The van der Waals surface area contributed by atoms with Crippen LogP contribution < -0.4 is 14.8 Å². The standard InChI is InChI=1S/C19H21N5O4/c1-26-18-13(4-3-7-20-18)22-17(25)15-11-24-10-14(12-5-8-28-9-6-12)21-16(24)19(23-15)27-2/h3-4,7,10-12H,5-6,8-9H2,1-2H3,(H,22,25). The van der Waals surface area contributed by atoms with E-state index in [1.807, 2.05) is 6.20 Å². The molecule has 28 heavy (non-hydrogen) atoms. The predicted octanol–water partition coefficient (Wildman–Crippen LogP) is 2.29. The van der Waals surface area contributed by atoms with E-state index in [1.54, 1.807) is 28.9 Å². The van der Waals surface area contributed by atoms with Gasteiger partial charge in [-0.25, -0.2) is 15.0 Å². The van der Waals surface area contributed by atoms with Crippen LogP contribution in [0.3, 0.4) is 0 Å². The molecule has 0 unspecified atom stereocenters. The molecule has 0 aliphatic carbocycles. The Morgan fingerprint density at radius 3 is 2.71 bits per heavy atom. The maximum atomic E-state index is 12.7. The number of nitrogens with zero attached hydrogens (tertiary/aromatic N) is 4. The number of pyridine rings is 1. The molecule has 0 atom stereocenters. The highest BCUT2D eigenvalue weighted by molar-refractivity contribution is 6.03. The molecule has 146 valence electrons. The summed E-state index contributed by atoms with van der Waals surface area (Å²) < 4.78 is 17.8. The van der Waals surface area contributed by atoms with E-state index in [0.717, 1.165) is 31.7 Å². The zero-order valence-corrected chi connectivity index (χ0v) is 15.7. The number of aromatic nitrogens is 4. The fourth-order valence-corrected chi connectivity index (χ4v) is 3.26. The molecule has 1 amide bonds. The number of methoxy groups -OCH3 is 2. The molecule has 3 aromatic heterocycles. The summed E-state index contributed by atoms with van der Waals surface area (Å²) in [6.07, 6.45) is 7.01. The topological polar surface area (TPSA) is 99.9 Å². The predicted molar refractivity (Wildman–Crippen MR) is 101 cm³/mol. The van der Waals surface area contributed by atoms with Gasteiger partial charge >= 0.3 is 0 Å². The largest absolute Gasteiger partial charge is 0.480 e. The van der Waals surface area contributed by atoms with Gasteiger partial charge in [-0.3, -0.25) is 9.20 Å². The smallest absolute Gasteiger partial charge is 0.276 e. The Morgan fingerprint density at radius 1 is 1.18 bits per heavy atom. The second-order valence-electron chi connectivity index (χ2n) is 6.43. The lowest BCUT2D eigenvalue weighted by molar-refractivity contribution is 0.0846. The van der Waals surface area contributed by atoms with Crippen molar-refractivity contribution < 1.29 is 19.0 Å². The highest BCUT2D eigenvalue weighted by atomic mass is 16.5. The molecule has 1 fully saturated rings. The minimum Gasteiger partial charge on any atom is -0.480 e. The number of carbonyl (C=O) groups is 1.